The number of hydrogen-bond donors (Lipinski definition) is 1. The maximum Gasteiger partial charge on any atom is 0.379 e. The number of furan rings is 1. The summed E-state index contributed by atoms with van der Waals surface area (Å²) < 4.78 is 28.4. The summed E-state index contributed by atoms with van der Waals surface area (Å²) in [7, 11) is 1.54. The third-order valence-electron chi connectivity index (χ3n) is 6.56. The highest BCUT2D eigenvalue weighted by atomic mass is 16.5. The molecule has 3 aromatic carbocycles. The van der Waals surface area contributed by atoms with Gasteiger partial charge in [-0.2, -0.15) is 5.26 Å². The highest BCUT2D eigenvalue weighted by molar-refractivity contribution is 5.97. The van der Waals surface area contributed by atoms with Crippen molar-refractivity contribution in [2.24, 2.45) is 5.73 Å². The van der Waals surface area contributed by atoms with Gasteiger partial charge in [0.05, 0.1) is 13.0 Å². The lowest BCUT2D eigenvalue weighted by atomic mass is 9.83. The van der Waals surface area contributed by atoms with Crippen molar-refractivity contribution in [2.45, 2.75) is 19.8 Å². The second-order valence-corrected chi connectivity index (χ2v) is 9.08. The van der Waals surface area contributed by atoms with Crippen LogP contribution in [0.2, 0.25) is 0 Å². The normalized spacial score (nSPS) is 14.3. The van der Waals surface area contributed by atoms with Crippen molar-refractivity contribution in [1.82, 2.24) is 0 Å². The van der Waals surface area contributed by atoms with Crippen LogP contribution in [0.5, 0.6) is 23.0 Å². The molecule has 2 heterocycles. The Morgan fingerprint density at radius 1 is 1.13 bits per heavy atom. The van der Waals surface area contributed by atoms with Gasteiger partial charge in [0, 0.05) is 22.6 Å². The van der Waals surface area contributed by atoms with Crippen molar-refractivity contribution in [3.63, 3.8) is 0 Å². The van der Waals surface area contributed by atoms with E-state index < -0.39 is 11.9 Å². The van der Waals surface area contributed by atoms with E-state index in [0.29, 0.717) is 40.6 Å². The molecule has 39 heavy (non-hydrogen) atoms. The summed E-state index contributed by atoms with van der Waals surface area (Å²) in [5, 5.41) is 10.8. The molecular formula is C31H26N2O6. The van der Waals surface area contributed by atoms with Crippen molar-refractivity contribution in [2.75, 3.05) is 13.7 Å². The zero-order valence-corrected chi connectivity index (χ0v) is 21.7. The van der Waals surface area contributed by atoms with Gasteiger partial charge in [-0.15, -0.1) is 0 Å². The third-order valence-corrected chi connectivity index (χ3v) is 6.56. The van der Waals surface area contributed by atoms with E-state index in [-0.39, 0.29) is 23.0 Å². The Bertz CT molecular complexity index is 1690. The van der Waals surface area contributed by atoms with Crippen LogP contribution in [-0.4, -0.2) is 19.7 Å². The van der Waals surface area contributed by atoms with Crippen molar-refractivity contribution < 1.29 is 28.2 Å². The fraction of sp³-hybridized carbons (Fsp3) is 0.161. The number of hydrogen-bond acceptors (Lipinski definition) is 8. The van der Waals surface area contributed by atoms with E-state index >= 15 is 0 Å². The van der Waals surface area contributed by atoms with Gasteiger partial charge in [0.15, 0.2) is 11.5 Å². The first-order valence-electron chi connectivity index (χ1n) is 12.2. The fourth-order valence-corrected chi connectivity index (χ4v) is 4.65. The topological polar surface area (TPSA) is 117 Å². The van der Waals surface area contributed by atoms with Crippen molar-refractivity contribution in [1.29, 1.82) is 5.26 Å². The van der Waals surface area contributed by atoms with Crippen LogP contribution in [-0.2, 0) is 0 Å². The highest BCUT2D eigenvalue weighted by Crippen LogP contribution is 2.45. The first-order chi connectivity index (χ1) is 18.8. The number of aryl methyl sites for hydroxylation is 2. The van der Waals surface area contributed by atoms with E-state index in [4.69, 9.17) is 29.1 Å². The average molecular weight is 523 g/mol. The minimum atomic E-state index is -0.630. The largest absolute Gasteiger partial charge is 0.493 e. The average Bonchev–Trinajstić information content (AvgIpc) is 3.26. The SMILES string of the molecule is C=CCOc1ccc(C2C(C#N)=C(N)Oc3cc(OC(=O)c4oc5cc(C)ccc5c4C)ccc32)cc1OC. The van der Waals surface area contributed by atoms with E-state index in [2.05, 4.69) is 12.6 Å². The molecule has 0 fully saturated rings. The maximum atomic E-state index is 13.0. The Labute approximate surface area is 225 Å². The Morgan fingerprint density at radius 3 is 2.69 bits per heavy atom. The van der Waals surface area contributed by atoms with Crippen LogP contribution in [0.25, 0.3) is 11.0 Å². The first-order valence-corrected chi connectivity index (χ1v) is 12.2. The van der Waals surface area contributed by atoms with Crippen LogP contribution in [0.4, 0.5) is 0 Å². The molecule has 0 amide bonds. The van der Waals surface area contributed by atoms with Gasteiger partial charge in [-0.05, 0) is 49.2 Å². The number of benzene rings is 3. The number of carbonyl (C=O) groups is 1. The Balaban J connectivity index is 1.48. The monoisotopic (exact) mass is 522 g/mol. The molecule has 1 aliphatic heterocycles. The van der Waals surface area contributed by atoms with E-state index in [1.807, 2.05) is 38.1 Å². The molecule has 8 nitrogen and oxygen atoms in total. The smallest absolute Gasteiger partial charge is 0.379 e. The maximum absolute atomic E-state index is 13.0. The molecule has 0 aliphatic carbocycles. The van der Waals surface area contributed by atoms with Crippen LogP contribution in [0, 0.1) is 25.2 Å². The van der Waals surface area contributed by atoms with E-state index in [1.54, 1.807) is 43.5 Å². The van der Waals surface area contributed by atoms with Crippen LogP contribution in [0.1, 0.15) is 38.7 Å². The molecule has 5 rings (SSSR count). The number of nitrogens with zero attached hydrogens (tertiary/aromatic N) is 1. The Kier molecular flexibility index (Phi) is 6.73. The molecule has 0 saturated heterocycles. The minimum absolute atomic E-state index is 0.0343. The summed E-state index contributed by atoms with van der Waals surface area (Å²) in [6, 6.07) is 18.3. The minimum Gasteiger partial charge on any atom is -0.493 e. The predicted molar refractivity (Wildman–Crippen MR) is 145 cm³/mol. The van der Waals surface area contributed by atoms with Crippen LogP contribution in [0.15, 0.2) is 83.1 Å². The molecule has 0 spiro atoms. The lowest BCUT2D eigenvalue weighted by Gasteiger charge is -2.27. The van der Waals surface area contributed by atoms with Gasteiger partial charge in [0.1, 0.15) is 35.3 Å². The fourth-order valence-electron chi connectivity index (χ4n) is 4.65. The summed E-state index contributed by atoms with van der Waals surface area (Å²) in [4.78, 5) is 13.0. The highest BCUT2D eigenvalue weighted by Gasteiger charge is 2.32. The summed E-state index contributed by atoms with van der Waals surface area (Å²) >= 11 is 0. The van der Waals surface area contributed by atoms with Gasteiger partial charge < -0.3 is 29.1 Å². The van der Waals surface area contributed by atoms with Gasteiger partial charge in [-0.25, -0.2) is 4.79 Å². The van der Waals surface area contributed by atoms with Crippen molar-refractivity contribution in [3.8, 4) is 29.1 Å². The lowest BCUT2D eigenvalue weighted by Crippen LogP contribution is -2.21. The van der Waals surface area contributed by atoms with E-state index in [1.165, 1.54) is 0 Å². The van der Waals surface area contributed by atoms with Gasteiger partial charge in [0.25, 0.3) is 0 Å². The molecule has 2 N–H and O–H groups in total. The molecule has 0 saturated carbocycles. The number of methoxy groups -OCH3 is 1. The standard InChI is InChI=1S/C31H26N2O6/c1-5-12-36-24-11-7-19(14-27(24)35-4)28-22-10-8-20(15-26(22)39-30(33)23(28)16-32)37-31(34)29-18(3)21-9-6-17(2)13-25(21)38-29/h5-11,13-15,28H,1,12,33H2,2-4H3. The molecule has 0 bridgehead atoms. The zero-order chi connectivity index (χ0) is 27.7. The molecular weight excluding hydrogens is 496 g/mol. The van der Waals surface area contributed by atoms with Gasteiger partial charge >= 0.3 is 5.97 Å². The number of ether oxygens (including phenoxy) is 4. The van der Waals surface area contributed by atoms with E-state index in [9.17, 15) is 10.1 Å². The summed E-state index contributed by atoms with van der Waals surface area (Å²) in [6.07, 6.45) is 1.64. The van der Waals surface area contributed by atoms with Crippen molar-refractivity contribution >= 4 is 16.9 Å². The Morgan fingerprint density at radius 2 is 1.95 bits per heavy atom. The number of nitriles is 1. The van der Waals surface area contributed by atoms with Crippen molar-refractivity contribution in [3.05, 3.63) is 107 Å². The van der Waals surface area contributed by atoms with E-state index in [0.717, 1.165) is 16.5 Å². The second-order valence-electron chi connectivity index (χ2n) is 9.08. The quantitative estimate of drug-likeness (QED) is 0.177. The van der Waals surface area contributed by atoms with Crippen LogP contribution < -0.4 is 24.7 Å². The van der Waals surface area contributed by atoms with Gasteiger partial charge in [-0.3, -0.25) is 0 Å². The van der Waals surface area contributed by atoms with Crippen LogP contribution >= 0.6 is 0 Å². The predicted octanol–water partition coefficient (Wildman–Crippen LogP) is 6.06. The zero-order valence-electron chi connectivity index (χ0n) is 21.7. The molecule has 1 unspecified atom stereocenters. The molecule has 1 aliphatic rings. The molecule has 8 heteroatoms. The number of esters is 1. The lowest BCUT2D eigenvalue weighted by molar-refractivity contribution is 0.0702. The third kappa shape index (κ3) is 4.66. The summed E-state index contributed by atoms with van der Waals surface area (Å²) in [6.45, 7) is 7.75. The van der Waals surface area contributed by atoms with Crippen LogP contribution in [0.3, 0.4) is 0 Å². The summed E-state index contributed by atoms with van der Waals surface area (Å²) in [5.74, 6) is 0.582. The number of nitrogens with two attached hydrogens (primary N) is 1. The van der Waals surface area contributed by atoms with Gasteiger partial charge in [0.2, 0.25) is 11.6 Å². The molecule has 1 atom stereocenters. The summed E-state index contributed by atoms with van der Waals surface area (Å²) in [5.41, 5.74) is 10.2. The number of rotatable bonds is 7. The van der Waals surface area contributed by atoms with Gasteiger partial charge in [-0.1, -0.05) is 36.9 Å². The molecule has 1 aromatic heterocycles. The first kappa shape index (κ1) is 25.5. The molecule has 0 radical (unpaired) electrons. The Hall–Kier alpha value is -5.16. The number of carbonyl (C=O) groups excluding carboxylic acids is 1. The second kappa shape index (κ2) is 10.3. The number of allylic oxidation sites excluding steroid dienone is 1. The molecule has 196 valence electrons. The number of fused-ring (bicyclic) bond motifs is 2. The molecule has 4 aromatic rings.